The van der Waals surface area contributed by atoms with Gasteiger partial charge in [0, 0.05) is 24.2 Å². The van der Waals surface area contributed by atoms with Gasteiger partial charge < -0.3 is 15.7 Å². The standard InChI is InChI=1S/C13H15N3O4S/c14-12(19)8-1-2-10(15-6-8)13(20)16-3-4-21-7-9(16)5-11(17)18/h1-2,6,9H,3-5,7H2,(H2,14,19)(H,17,18). The Labute approximate surface area is 125 Å². The van der Waals surface area contributed by atoms with Crippen molar-refractivity contribution in [2.45, 2.75) is 12.5 Å². The maximum Gasteiger partial charge on any atom is 0.305 e. The van der Waals surface area contributed by atoms with E-state index in [4.69, 9.17) is 10.8 Å². The Morgan fingerprint density at radius 1 is 1.43 bits per heavy atom. The second-order valence-electron chi connectivity index (χ2n) is 4.62. The predicted octanol–water partition coefficient (Wildman–Crippen LogP) is 0.213. The first-order valence-electron chi connectivity index (χ1n) is 6.35. The third-order valence-corrected chi connectivity index (χ3v) is 4.26. The van der Waals surface area contributed by atoms with Crippen LogP contribution >= 0.6 is 11.8 Å². The van der Waals surface area contributed by atoms with Crippen LogP contribution < -0.4 is 5.73 Å². The third kappa shape index (κ3) is 3.72. The molecule has 1 fully saturated rings. The number of carboxylic acids is 1. The summed E-state index contributed by atoms with van der Waals surface area (Å²) in [5, 5.41) is 8.92. The van der Waals surface area contributed by atoms with Crippen molar-refractivity contribution in [3.63, 3.8) is 0 Å². The van der Waals surface area contributed by atoms with Crippen molar-refractivity contribution < 1.29 is 19.5 Å². The molecule has 2 amide bonds. The van der Waals surface area contributed by atoms with Gasteiger partial charge in [-0.25, -0.2) is 0 Å². The molecule has 3 N–H and O–H groups in total. The summed E-state index contributed by atoms with van der Waals surface area (Å²) >= 11 is 1.63. The zero-order valence-corrected chi connectivity index (χ0v) is 12.0. The molecular weight excluding hydrogens is 294 g/mol. The summed E-state index contributed by atoms with van der Waals surface area (Å²) in [6, 6.07) is 2.53. The Morgan fingerprint density at radius 2 is 2.19 bits per heavy atom. The normalized spacial score (nSPS) is 18.3. The molecule has 1 aliphatic rings. The van der Waals surface area contributed by atoms with Crippen molar-refractivity contribution in [3.05, 3.63) is 29.6 Å². The number of carboxylic acid groups (broad SMARTS) is 1. The average molecular weight is 309 g/mol. The van der Waals surface area contributed by atoms with Crippen molar-refractivity contribution in [2.24, 2.45) is 5.73 Å². The molecule has 0 aromatic carbocycles. The molecule has 0 spiro atoms. The lowest BCUT2D eigenvalue weighted by Gasteiger charge is -2.34. The number of pyridine rings is 1. The number of nitrogens with two attached hydrogens (primary N) is 1. The van der Waals surface area contributed by atoms with Gasteiger partial charge in [0.15, 0.2) is 0 Å². The molecule has 112 valence electrons. The molecule has 0 saturated carbocycles. The molecule has 1 aliphatic heterocycles. The van der Waals surface area contributed by atoms with Crippen molar-refractivity contribution in [1.82, 2.24) is 9.88 Å². The maximum absolute atomic E-state index is 12.4. The average Bonchev–Trinajstić information content (AvgIpc) is 2.46. The highest BCUT2D eigenvalue weighted by molar-refractivity contribution is 7.99. The van der Waals surface area contributed by atoms with Crippen LogP contribution in [0.4, 0.5) is 0 Å². The molecular formula is C13H15N3O4S. The number of carbonyl (C=O) groups is 3. The van der Waals surface area contributed by atoms with E-state index in [1.807, 2.05) is 0 Å². The Kier molecular flexibility index (Phi) is 4.79. The molecule has 2 rings (SSSR count). The molecule has 21 heavy (non-hydrogen) atoms. The number of hydrogen-bond acceptors (Lipinski definition) is 5. The van der Waals surface area contributed by atoms with E-state index in [-0.39, 0.29) is 29.6 Å². The Morgan fingerprint density at radius 3 is 2.76 bits per heavy atom. The first-order valence-corrected chi connectivity index (χ1v) is 7.51. The van der Waals surface area contributed by atoms with E-state index in [1.165, 1.54) is 23.2 Å². The van der Waals surface area contributed by atoms with E-state index in [0.29, 0.717) is 12.3 Å². The highest BCUT2D eigenvalue weighted by Gasteiger charge is 2.30. The second-order valence-corrected chi connectivity index (χ2v) is 5.77. The summed E-state index contributed by atoms with van der Waals surface area (Å²) in [7, 11) is 0. The molecule has 1 atom stereocenters. The smallest absolute Gasteiger partial charge is 0.305 e. The molecule has 0 bridgehead atoms. The summed E-state index contributed by atoms with van der Waals surface area (Å²) in [4.78, 5) is 39.8. The van der Waals surface area contributed by atoms with E-state index in [0.717, 1.165) is 5.75 Å². The molecule has 7 nitrogen and oxygen atoms in total. The largest absolute Gasteiger partial charge is 0.481 e. The van der Waals surface area contributed by atoms with Crippen LogP contribution in [0.3, 0.4) is 0 Å². The zero-order valence-electron chi connectivity index (χ0n) is 11.2. The first kappa shape index (κ1) is 15.3. The number of amides is 2. The minimum Gasteiger partial charge on any atom is -0.481 e. The van der Waals surface area contributed by atoms with Gasteiger partial charge in [-0.1, -0.05) is 0 Å². The molecule has 2 heterocycles. The molecule has 8 heteroatoms. The van der Waals surface area contributed by atoms with E-state index in [1.54, 1.807) is 11.8 Å². The number of aromatic nitrogens is 1. The van der Waals surface area contributed by atoms with Crippen LogP contribution in [0.15, 0.2) is 18.3 Å². The van der Waals surface area contributed by atoms with Gasteiger partial charge in [-0.2, -0.15) is 11.8 Å². The van der Waals surface area contributed by atoms with Crippen molar-refractivity contribution in [2.75, 3.05) is 18.1 Å². The van der Waals surface area contributed by atoms with Crippen LogP contribution in [0.25, 0.3) is 0 Å². The first-order chi connectivity index (χ1) is 9.99. The Hall–Kier alpha value is -2.09. The fourth-order valence-corrected chi connectivity index (χ4v) is 3.17. The van der Waals surface area contributed by atoms with Gasteiger partial charge in [0.2, 0.25) is 5.91 Å². The van der Waals surface area contributed by atoms with Gasteiger partial charge in [-0.3, -0.25) is 19.4 Å². The van der Waals surface area contributed by atoms with Gasteiger partial charge in [0.1, 0.15) is 5.69 Å². The van der Waals surface area contributed by atoms with Crippen molar-refractivity contribution >= 4 is 29.5 Å². The summed E-state index contributed by atoms with van der Waals surface area (Å²) in [6.07, 6.45) is 1.17. The number of primary amides is 1. The number of rotatable bonds is 4. The van der Waals surface area contributed by atoms with Crippen LogP contribution in [0.2, 0.25) is 0 Å². The van der Waals surface area contributed by atoms with Crippen molar-refractivity contribution in [1.29, 1.82) is 0 Å². The van der Waals surface area contributed by atoms with Gasteiger partial charge >= 0.3 is 5.97 Å². The predicted molar refractivity (Wildman–Crippen MR) is 77.2 cm³/mol. The number of hydrogen-bond donors (Lipinski definition) is 2. The topological polar surface area (TPSA) is 114 Å². The summed E-state index contributed by atoms with van der Waals surface area (Å²) < 4.78 is 0. The third-order valence-electron chi connectivity index (χ3n) is 3.17. The Balaban J connectivity index is 2.16. The lowest BCUT2D eigenvalue weighted by atomic mass is 10.1. The van der Waals surface area contributed by atoms with Crippen LogP contribution in [-0.4, -0.2) is 56.9 Å². The summed E-state index contributed by atoms with van der Waals surface area (Å²) in [5.74, 6) is -0.506. The van der Waals surface area contributed by atoms with Gasteiger partial charge in [-0.05, 0) is 12.1 Å². The number of nitrogens with zero attached hydrogens (tertiary/aromatic N) is 2. The van der Waals surface area contributed by atoms with E-state index in [2.05, 4.69) is 4.98 Å². The van der Waals surface area contributed by atoms with Gasteiger partial charge in [0.05, 0.1) is 18.0 Å². The lowest BCUT2D eigenvalue weighted by Crippen LogP contribution is -2.47. The SMILES string of the molecule is NC(=O)c1ccc(C(=O)N2CCSCC2CC(=O)O)nc1. The van der Waals surface area contributed by atoms with Crippen LogP contribution in [0, 0.1) is 0 Å². The number of thioether (sulfide) groups is 1. The molecule has 1 aromatic heterocycles. The van der Waals surface area contributed by atoms with E-state index < -0.39 is 11.9 Å². The fraction of sp³-hybridized carbons (Fsp3) is 0.385. The van der Waals surface area contributed by atoms with Crippen molar-refractivity contribution in [3.8, 4) is 0 Å². The molecule has 1 unspecified atom stereocenters. The van der Waals surface area contributed by atoms with E-state index in [9.17, 15) is 14.4 Å². The van der Waals surface area contributed by atoms with Crippen LogP contribution in [-0.2, 0) is 4.79 Å². The highest BCUT2D eigenvalue weighted by atomic mass is 32.2. The van der Waals surface area contributed by atoms with Gasteiger partial charge in [0.25, 0.3) is 5.91 Å². The fourth-order valence-electron chi connectivity index (χ4n) is 2.11. The second kappa shape index (κ2) is 6.57. The molecule has 1 saturated heterocycles. The zero-order chi connectivity index (χ0) is 15.4. The minimum atomic E-state index is -0.933. The molecule has 0 aliphatic carbocycles. The maximum atomic E-state index is 12.4. The van der Waals surface area contributed by atoms with Crippen LogP contribution in [0.5, 0.6) is 0 Å². The van der Waals surface area contributed by atoms with E-state index >= 15 is 0 Å². The molecule has 1 aromatic rings. The van der Waals surface area contributed by atoms with Gasteiger partial charge in [-0.15, -0.1) is 0 Å². The molecule has 0 radical (unpaired) electrons. The quantitative estimate of drug-likeness (QED) is 0.822. The Bertz CT molecular complexity index is 561. The number of aliphatic carboxylic acids is 1. The monoisotopic (exact) mass is 309 g/mol. The minimum absolute atomic E-state index is 0.0852. The number of carbonyl (C=O) groups excluding carboxylic acids is 2. The van der Waals surface area contributed by atoms with Crippen LogP contribution in [0.1, 0.15) is 27.3 Å². The summed E-state index contributed by atoms with van der Waals surface area (Å²) in [5.41, 5.74) is 5.52. The summed E-state index contributed by atoms with van der Waals surface area (Å²) in [6.45, 7) is 0.487. The highest BCUT2D eigenvalue weighted by Crippen LogP contribution is 2.21. The lowest BCUT2D eigenvalue weighted by molar-refractivity contribution is -0.138.